The molecule has 1 unspecified atom stereocenters. The molecule has 1 atom stereocenters. The molecule has 19 heavy (non-hydrogen) atoms. The van der Waals surface area contributed by atoms with Gasteiger partial charge in [0.2, 0.25) is 0 Å². The third-order valence-corrected chi connectivity index (χ3v) is 3.12. The molecule has 1 heterocycles. The Morgan fingerprint density at radius 1 is 1.26 bits per heavy atom. The summed E-state index contributed by atoms with van der Waals surface area (Å²) in [5.74, 6) is 0.927. The number of pyridine rings is 1. The number of hydrogen-bond donors (Lipinski definition) is 1. The Balaban J connectivity index is 2.37. The van der Waals surface area contributed by atoms with E-state index in [1.165, 1.54) is 19.3 Å². The lowest BCUT2D eigenvalue weighted by molar-refractivity contribution is 0.214. The Kier molecular flexibility index (Phi) is 7.49. The Morgan fingerprint density at radius 2 is 2.05 bits per heavy atom. The average molecular weight is 264 g/mol. The zero-order valence-electron chi connectivity index (χ0n) is 12.8. The van der Waals surface area contributed by atoms with Crippen molar-refractivity contribution < 1.29 is 4.74 Å². The fraction of sp³-hybridized carbons (Fsp3) is 0.688. The van der Waals surface area contributed by atoms with E-state index in [1.54, 1.807) is 0 Å². The van der Waals surface area contributed by atoms with Crippen LogP contribution in [-0.4, -0.2) is 24.2 Å². The highest BCUT2D eigenvalue weighted by Crippen LogP contribution is 2.18. The van der Waals surface area contributed by atoms with Crippen LogP contribution in [0.1, 0.15) is 51.4 Å². The summed E-state index contributed by atoms with van der Waals surface area (Å²) in [6.45, 7) is 10.4. The van der Waals surface area contributed by atoms with Crippen molar-refractivity contribution in [2.45, 2.75) is 59.5 Å². The first kappa shape index (κ1) is 16.0. The minimum Gasteiger partial charge on any atom is -0.487 e. The molecule has 0 bridgehead atoms. The largest absolute Gasteiger partial charge is 0.487 e. The Bertz CT molecular complexity index is 366. The fourth-order valence-electron chi connectivity index (χ4n) is 2.02. The Hall–Kier alpha value is -1.09. The number of aromatic nitrogens is 1. The molecule has 3 heteroatoms. The highest BCUT2D eigenvalue weighted by molar-refractivity contribution is 5.29. The van der Waals surface area contributed by atoms with Crippen LogP contribution in [0, 0.1) is 6.92 Å². The van der Waals surface area contributed by atoms with Gasteiger partial charge in [0, 0.05) is 12.2 Å². The van der Waals surface area contributed by atoms with E-state index in [0.29, 0.717) is 0 Å². The lowest BCUT2D eigenvalue weighted by Crippen LogP contribution is -2.30. The van der Waals surface area contributed by atoms with Crippen molar-refractivity contribution in [2.75, 3.05) is 13.1 Å². The summed E-state index contributed by atoms with van der Waals surface area (Å²) < 4.78 is 5.97. The molecule has 0 saturated heterocycles. The van der Waals surface area contributed by atoms with Crippen molar-refractivity contribution in [1.82, 2.24) is 10.3 Å². The minimum absolute atomic E-state index is 0.177. The number of nitrogens with zero attached hydrogens (tertiary/aromatic N) is 1. The van der Waals surface area contributed by atoms with Gasteiger partial charge in [0.05, 0.1) is 5.69 Å². The van der Waals surface area contributed by atoms with Crippen LogP contribution in [0.3, 0.4) is 0 Å². The van der Waals surface area contributed by atoms with Crippen LogP contribution in [0.5, 0.6) is 5.75 Å². The summed E-state index contributed by atoms with van der Waals surface area (Å²) in [7, 11) is 0. The number of aryl methyl sites for hydroxylation is 2. The van der Waals surface area contributed by atoms with E-state index >= 15 is 0 Å². The lowest BCUT2D eigenvalue weighted by atomic mass is 10.2. The molecule has 0 aliphatic rings. The molecule has 0 radical (unpaired) electrons. The van der Waals surface area contributed by atoms with Gasteiger partial charge in [-0.15, -0.1) is 0 Å². The highest BCUT2D eigenvalue weighted by Gasteiger charge is 2.08. The molecule has 1 rings (SSSR count). The fourth-order valence-corrected chi connectivity index (χ4v) is 2.02. The molecule has 0 aliphatic carbocycles. The summed E-state index contributed by atoms with van der Waals surface area (Å²) in [4.78, 5) is 4.52. The first-order chi connectivity index (χ1) is 9.17. The van der Waals surface area contributed by atoms with E-state index in [9.17, 15) is 0 Å². The van der Waals surface area contributed by atoms with Gasteiger partial charge in [-0.2, -0.15) is 0 Å². The molecule has 1 aromatic rings. The average Bonchev–Trinajstić information content (AvgIpc) is 2.40. The summed E-state index contributed by atoms with van der Waals surface area (Å²) in [5, 5.41) is 3.44. The molecular formula is C16H28N2O. The van der Waals surface area contributed by atoms with Gasteiger partial charge in [-0.25, -0.2) is 0 Å². The molecule has 1 aromatic heterocycles. The zero-order chi connectivity index (χ0) is 14.1. The third-order valence-electron chi connectivity index (χ3n) is 3.12. The van der Waals surface area contributed by atoms with Gasteiger partial charge in [0.25, 0.3) is 0 Å². The molecule has 0 aromatic carbocycles. The zero-order valence-corrected chi connectivity index (χ0v) is 12.8. The molecule has 1 N–H and O–H groups in total. The van der Waals surface area contributed by atoms with E-state index in [4.69, 9.17) is 4.74 Å². The number of nitrogens with one attached hydrogen (secondary N) is 1. The number of unbranched alkanes of at least 4 members (excludes halogenated alkanes) is 2. The van der Waals surface area contributed by atoms with Crippen LogP contribution in [0.2, 0.25) is 0 Å². The molecule has 3 nitrogen and oxygen atoms in total. The van der Waals surface area contributed by atoms with Gasteiger partial charge in [0.15, 0.2) is 0 Å². The minimum atomic E-state index is 0.177. The van der Waals surface area contributed by atoms with Gasteiger partial charge in [-0.1, -0.05) is 26.7 Å². The quantitative estimate of drug-likeness (QED) is 0.693. The van der Waals surface area contributed by atoms with Gasteiger partial charge in [-0.3, -0.25) is 4.98 Å². The van der Waals surface area contributed by atoms with Crippen molar-refractivity contribution in [2.24, 2.45) is 0 Å². The molecule has 108 valence electrons. The maximum atomic E-state index is 5.97. The molecule has 0 fully saturated rings. The predicted octanol–water partition coefficient (Wildman–Crippen LogP) is 3.50. The number of ether oxygens (including phenoxy) is 1. The Morgan fingerprint density at radius 3 is 2.74 bits per heavy atom. The second-order valence-electron chi connectivity index (χ2n) is 5.09. The first-order valence-electron chi connectivity index (χ1n) is 7.51. The van der Waals surface area contributed by atoms with E-state index in [0.717, 1.165) is 36.6 Å². The van der Waals surface area contributed by atoms with Crippen molar-refractivity contribution in [1.29, 1.82) is 0 Å². The van der Waals surface area contributed by atoms with Crippen molar-refractivity contribution in [3.8, 4) is 5.75 Å². The second kappa shape index (κ2) is 8.92. The van der Waals surface area contributed by atoms with Crippen molar-refractivity contribution in [3.05, 3.63) is 23.5 Å². The van der Waals surface area contributed by atoms with Crippen LogP contribution in [-0.2, 0) is 6.42 Å². The summed E-state index contributed by atoms with van der Waals surface area (Å²) >= 11 is 0. The predicted molar refractivity (Wildman–Crippen MR) is 80.8 cm³/mol. The van der Waals surface area contributed by atoms with Gasteiger partial charge < -0.3 is 10.1 Å². The van der Waals surface area contributed by atoms with Crippen LogP contribution < -0.4 is 10.1 Å². The number of hydrogen-bond acceptors (Lipinski definition) is 3. The van der Waals surface area contributed by atoms with Crippen LogP contribution in [0.25, 0.3) is 0 Å². The summed E-state index contributed by atoms with van der Waals surface area (Å²) in [6, 6.07) is 4.05. The first-order valence-corrected chi connectivity index (χ1v) is 7.51. The van der Waals surface area contributed by atoms with E-state index < -0.39 is 0 Å². The summed E-state index contributed by atoms with van der Waals surface area (Å²) in [5.41, 5.74) is 2.10. The van der Waals surface area contributed by atoms with Gasteiger partial charge in [-0.05, 0) is 45.4 Å². The molecule has 0 amide bonds. The van der Waals surface area contributed by atoms with Crippen molar-refractivity contribution >= 4 is 0 Å². The van der Waals surface area contributed by atoms with E-state index in [2.05, 4.69) is 31.1 Å². The third kappa shape index (κ3) is 6.06. The van der Waals surface area contributed by atoms with Crippen molar-refractivity contribution in [3.63, 3.8) is 0 Å². The molecule has 0 saturated carbocycles. The second-order valence-corrected chi connectivity index (χ2v) is 5.09. The topological polar surface area (TPSA) is 34.1 Å². The van der Waals surface area contributed by atoms with Crippen LogP contribution >= 0.6 is 0 Å². The standard InChI is InChI=1S/C16H28N2O/c1-5-7-8-11-17-12-14(4)19-16-10-9-13(3)18-15(16)6-2/h9-10,14,17H,5-8,11-12H2,1-4H3. The monoisotopic (exact) mass is 264 g/mol. The smallest absolute Gasteiger partial charge is 0.141 e. The summed E-state index contributed by atoms with van der Waals surface area (Å²) in [6.07, 6.45) is 4.90. The highest BCUT2D eigenvalue weighted by atomic mass is 16.5. The van der Waals surface area contributed by atoms with Crippen LogP contribution in [0.4, 0.5) is 0 Å². The van der Waals surface area contributed by atoms with E-state index in [1.807, 2.05) is 19.1 Å². The maximum absolute atomic E-state index is 5.97. The molecular weight excluding hydrogens is 236 g/mol. The molecule has 0 spiro atoms. The SMILES string of the molecule is CCCCCNCC(C)Oc1ccc(C)nc1CC. The van der Waals surface area contributed by atoms with E-state index in [-0.39, 0.29) is 6.10 Å². The number of rotatable bonds is 9. The Labute approximate surface area is 117 Å². The van der Waals surface area contributed by atoms with Gasteiger partial charge in [0.1, 0.15) is 11.9 Å². The molecule has 0 aliphatic heterocycles. The lowest BCUT2D eigenvalue weighted by Gasteiger charge is -2.17. The normalized spacial score (nSPS) is 12.4. The maximum Gasteiger partial charge on any atom is 0.141 e. The van der Waals surface area contributed by atoms with Crippen LogP contribution in [0.15, 0.2) is 12.1 Å². The van der Waals surface area contributed by atoms with Gasteiger partial charge >= 0.3 is 0 Å².